The largest absolute Gasteiger partial charge is 0.461 e. The van der Waals surface area contributed by atoms with Crippen LogP contribution < -0.4 is 5.73 Å². The summed E-state index contributed by atoms with van der Waals surface area (Å²) in [6.07, 6.45) is 1.68. The second-order valence-corrected chi connectivity index (χ2v) is 6.58. The summed E-state index contributed by atoms with van der Waals surface area (Å²) in [4.78, 5) is 26.4. The molecule has 1 atom stereocenters. The molecule has 0 unspecified atom stereocenters. The highest BCUT2D eigenvalue weighted by molar-refractivity contribution is 7.17. The van der Waals surface area contributed by atoms with Crippen LogP contribution in [-0.2, 0) is 4.74 Å². The van der Waals surface area contributed by atoms with Crippen LogP contribution in [0.15, 0.2) is 28.7 Å². The molecule has 0 spiro atoms. The van der Waals surface area contributed by atoms with Crippen LogP contribution in [0, 0.1) is 6.92 Å². The van der Waals surface area contributed by atoms with E-state index in [0.717, 1.165) is 29.2 Å². The maximum absolute atomic E-state index is 12.2. The van der Waals surface area contributed by atoms with Gasteiger partial charge in [0.15, 0.2) is 0 Å². The van der Waals surface area contributed by atoms with E-state index in [1.165, 1.54) is 11.3 Å². The molecule has 0 bridgehead atoms. The lowest BCUT2D eigenvalue weighted by molar-refractivity contribution is 0.0428. The van der Waals surface area contributed by atoms with Gasteiger partial charge in [-0.25, -0.2) is 9.59 Å². The van der Waals surface area contributed by atoms with Crippen molar-refractivity contribution in [2.45, 2.75) is 25.8 Å². The summed E-state index contributed by atoms with van der Waals surface area (Å²) < 4.78 is 10.9. The molecule has 0 aromatic carbocycles. The van der Waals surface area contributed by atoms with E-state index in [4.69, 9.17) is 14.9 Å². The van der Waals surface area contributed by atoms with E-state index in [1.54, 1.807) is 11.0 Å². The van der Waals surface area contributed by atoms with Gasteiger partial charge < -0.3 is 19.8 Å². The first-order chi connectivity index (χ1) is 11.0. The number of primary amides is 1. The number of urea groups is 1. The van der Waals surface area contributed by atoms with Crippen molar-refractivity contribution in [1.82, 2.24) is 4.90 Å². The van der Waals surface area contributed by atoms with E-state index in [2.05, 4.69) is 0 Å². The van der Waals surface area contributed by atoms with E-state index in [0.29, 0.717) is 11.4 Å². The Labute approximate surface area is 137 Å². The second-order valence-electron chi connectivity index (χ2n) is 5.50. The Kier molecular flexibility index (Phi) is 4.38. The molecular weight excluding hydrogens is 316 g/mol. The molecule has 3 heterocycles. The second kappa shape index (κ2) is 6.45. The summed E-state index contributed by atoms with van der Waals surface area (Å²) in [6, 6.07) is 6.73. The first kappa shape index (κ1) is 15.6. The summed E-state index contributed by atoms with van der Waals surface area (Å²) in [5, 5.41) is 0. The number of furan rings is 1. The van der Waals surface area contributed by atoms with Crippen LogP contribution in [-0.4, -0.2) is 36.1 Å². The number of carbonyl (C=O) groups is 2. The number of nitrogens with zero attached hydrogens (tertiary/aromatic N) is 1. The summed E-state index contributed by atoms with van der Waals surface area (Å²) >= 11 is 1.32. The van der Waals surface area contributed by atoms with Crippen molar-refractivity contribution in [1.29, 1.82) is 0 Å². The van der Waals surface area contributed by atoms with Crippen LogP contribution in [0.2, 0.25) is 0 Å². The van der Waals surface area contributed by atoms with Crippen LogP contribution in [0.1, 0.15) is 28.3 Å². The van der Waals surface area contributed by atoms with Gasteiger partial charge in [-0.2, -0.15) is 0 Å². The number of esters is 1. The molecule has 0 saturated carbocycles. The van der Waals surface area contributed by atoms with Crippen LogP contribution >= 0.6 is 11.3 Å². The Bertz CT molecular complexity index is 721. The molecule has 2 aromatic rings. The van der Waals surface area contributed by atoms with Crippen LogP contribution in [0.3, 0.4) is 0 Å². The van der Waals surface area contributed by atoms with E-state index in [1.807, 2.05) is 25.1 Å². The number of carbonyl (C=O) groups excluding carboxylic acids is 2. The lowest BCUT2D eigenvalue weighted by atomic mass is 10.2. The van der Waals surface area contributed by atoms with Gasteiger partial charge in [-0.1, -0.05) is 0 Å². The Hall–Kier alpha value is -2.28. The third-order valence-corrected chi connectivity index (χ3v) is 4.94. The molecule has 23 heavy (non-hydrogen) atoms. The van der Waals surface area contributed by atoms with Crippen molar-refractivity contribution >= 4 is 23.3 Å². The molecule has 0 aliphatic carbocycles. The Balaban J connectivity index is 1.61. The summed E-state index contributed by atoms with van der Waals surface area (Å²) in [7, 11) is 0. The normalized spacial score (nSPS) is 17.4. The van der Waals surface area contributed by atoms with E-state index >= 15 is 0 Å². The highest BCUT2D eigenvalue weighted by Gasteiger charge is 2.28. The summed E-state index contributed by atoms with van der Waals surface area (Å²) in [6.45, 7) is 2.67. The molecule has 2 N–H and O–H groups in total. The van der Waals surface area contributed by atoms with Gasteiger partial charge in [-0.3, -0.25) is 0 Å². The molecule has 2 amide bonds. The Morgan fingerprint density at radius 1 is 1.39 bits per heavy atom. The van der Waals surface area contributed by atoms with Gasteiger partial charge >= 0.3 is 12.0 Å². The standard InChI is InChI=1S/C16H18N2O4S/c1-10-4-5-12(22-10)13-6-7-14(23-13)15(19)21-9-11-3-2-8-18(11)16(17)20/h4-7,11H,2-3,8-9H2,1H3,(H2,17,20)/t11-/m1/s1. The Morgan fingerprint density at radius 2 is 2.22 bits per heavy atom. The van der Waals surface area contributed by atoms with Crippen LogP contribution in [0.25, 0.3) is 10.6 Å². The predicted octanol–water partition coefficient (Wildman–Crippen LogP) is 3.02. The van der Waals surface area contributed by atoms with Gasteiger partial charge in [0.2, 0.25) is 0 Å². The number of aryl methyl sites for hydroxylation is 1. The number of nitrogens with two attached hydrogens (primary N) is 1. The number of rotatable bonds is 4. The third-order valence-electron chi connectivity index (χ3n) is 3.86. The minimum absolute atomic E-state index is 0.122. The summed E-state index contributed by atoms with van der Waals surface area (Å²) in [5.74, 6) is 1.17. The number of hydrogen-bond acceptors (Lipinski definition) is 5. The van der Waals surface area contributed by atoms with E-state index < -0.39 is 6.03 Å². The molecular formula is C16H18N2O4S. The molecule has 122 valence electrons. The highest BCUT2D eigenvalue weighted by Crippen LogP contribution is 2.30. The van der Waals surface area contributed by atoms with Crippen molar-refractivity contribution < 1.29 is 18.7 Å². The first-order valence-electron chi connectivity index (χ1n) is 7.44. The lowest BCUT2D eigenvalue weighted by Gasteiger charge is -2.21. The number of ether oxygens (including phenoxy) is 1. The number of likely N-dealkylation sites (tertiary alicyclic amines) is 1. The molecule has 0 radical (unpaired) electrons. The van der Waals surface area contributed by atoms with Gasteiger partial charge in [-0.05, 0) is 44.0 Å². The van der Waals surface area contributed by atoms with Gasteiger partial charge in [0, 0.05) is 6.54 Å². The molecule has 1 aliphatic heterocycles. The van der Waals surface area contributed by atoms with Gasteiger partial charge in [0.05, 0.1) is 10.9 Å². The number of amides is 2. The molecule has 6 nitrogen and oxygen atoms in total. The fourth-order valence-electron chi connectivity index (χ4n) is 2.69. The van der Waals surface area contributed by atoms with Crippen molar-refractivity contribution in [3.63, 3.8) is 0 Å². The minimum Gasteiger partial charge on any atom is -0.461 e. The molecule has 2 aromatic heterocycles. The highest BCUT2D eigenvalue weighted by atomic mass is 32.1. The van der Waals surface area contributed by atoms with Crippen molar-refractivity contribution in [2.75, 3.05) is 13.2 Å². The number of thiophene rings is 1. The monoisotopic (exact) mass is 334 g/mol. The molecule has 1 fully saturated rings. The SMILES string of the molecule is Cc1ccc(-c2ccc(C(=O)OC[C@H]3CCCN3C(N)=O)s2)o1. The van der Waals surface area contributed by atoms with E-state index in [-0.39, 0.29) is 18.6 Å². The molecule has 1 aliphatic rings. The molecule has 1 saturated heterocycles. The zero-order valence-electron chi connectivity index (χ0n) is 12.8. The maximum Gasteiger partial charge on any atom is 0.348 e. The third kappa shape index (κ3) is 3.39. The quantitative estimate of drug-likeness (QED) is 0.871. The van der Waals surface area contributed by atoms with Crippen LogP contribution in [0.5, 0.6) is 0 Å². The molecule has 3 rings (SSSR count). The average molecular weight is 334 g/mol. The summed E-state index contributed by atoms with van der Waals surface area (Å²) in [5.41, 5.74) is 5.31. The average Bonchev–Trinajstić information content (AvgIpc) is 3.24. The lowest BCUT2D eigenvalue weighted by Crippen LogP contribution is -2.41. The smallest absolute Gasteiger partial charge is 0.348 e. The number of hydrogen-bond donors (Lipinski definition) is 1. The predicted molar refractivity (Wildman–Crippen MR) is 86.4 cm³/mol. The zero-order valence-corrected chi connectivity index (χ0v) is 13.6. The Morgan fingerprint density at radius 3 is 2.91 bits per heavy atom. The van der Waals surface area contributed by atoms with Crippen molar-refractivity contribution in [3.8, 4) is 10.6 Å². The van der Waals surface area contributed by atoms with Crippen molar-refractivity contribution in [3.05, 3.63) is 34.9 Å². The topological polar surface area (TPSA) is 85.8 Å². The molecule has 7 heteroatoms. The first-order valence-corrected chi connectivity index (χ1v) is 8.26. The fourth-order valence-corrected chi connectivity index (χ4v) is 3.55. The van der Waals surface area contributed by atoms with Gasteiger partial charge in [-0.15, -0.1) is 11.3 Å². The maximum atomic E-state index is 12.2. The minimum atomic E-state index is -0.463. The van der Waals surface area contributed by atoms with Crippen molar-refractivity contribution in [2.24, 2.45) is 5.73 Å². The van der Waals surface area contributed by atoms with Gasteiger partial charge in [0.25, 0.3) is 0 Å². The fraction of sp³-hybridized carbons (Fsp3) is 0.375. The van der Waals surface area contributed by atoms with Gasteiger partial charge in [0.1, 0.15) is 23.0 Å². The zero-order chi connectivity index (χ0) is 16.4. The van der Waals surface area contributed by atoms with Crippen LogP contribution in [0.4, 0.5) is 4.79 Å². The van der Waals surface area contributed by atoms with E-state index in [9.17, 15) is 9.59 Å².